The molecule has 2 rings (SSSR count). The third-order valence-electron chi connectivity index (χ3n) is 3.12. The van der Waals surface area contributed by atoms with Crippen LogP contribution >= 0.6 is 11.6 Å². The monoisotopic (exact) mass is 240 g/mol. The van der Waals surface area contributed by atoms with E-state index < -0.39 is 0 Å². The summed E-state index contributed by atoms with van der Waals surface area (Å²) in [5.74, 6) is 2.47. The van der Waals surface area contributed by atoms with Gasteiger partial charge in [0.05, 0.1) is 6.20 Å². The number of nitrogens with one attached hydrogen (secondary N) is 1. The normalized spacial score (nSPS) is 24.6. The van der Waals surface area contributed by atoms with Crippen LogP contribution in [0.4, 0.5) is 11.8 Å². The van der Waals surface area contributed by atoms with Crippen molar-refractivity contribution in [2.24, 2.45) is 11.8 Å². The highest BCUT2D eigenvalue weighted by molar-refractivity contribution is 6.32. The van der Waals surface area contributed by atoms with Crippen LogP contribution in [0.2, 0.25) is 5.02 Å². The first-order valence-electron chi connectivity index (χ1n) is 5.67. The zero-order valence-electron chi connectivity index (χ0n) is 9.41. The SMILES string of the molecule is CC1CCC(CNc2nc(N)ncc2Cl)C1. The summed E-state index contributed by atoms with van der Waals surface area (Å²) >= 11 is 5.97. The lowest BCUT2D eigenvalue weighted by atomic mass is 10.1. The van der Waals surface area contributed by atoms with E-state index in [1.54, 1.807) is 0 Å². The fourth-order valence-electron chi connectivity index (χ4n) is 2.26. The summed E-state index contributed by atoms with van der Waals surface area (Å²) in [5, 5.41) is 3.78. The molecule has 16 heavy (non-hydrogen) atoms. The van der Waals surface area contributed by atoms with Crippen LogP contribution < -0.4 is 11.1 Å². The molecule has 0 saturated heterocycles. The van der Waals surface area contributed by atoms with Gasteiger partial charge in [-0.15, -0.1) is 0 Å². The van der Waals surface area contributed by atoms with Gasteiger partial charge in [-0.05, 0) is 24.7 Å². The number of rotatable bonds is 3. The molecule has 3 N–H and O–H groups in total. The van der Waals surface area contributed by atoms with Gasteiger partial charge in [0, 0.05) is 6.54 Å². The predicted octanol–water partition coefficient (Wildman–Crippen LogP) is 2.56. The van der Waals surface area contributed by atoms with Gasteiger partial charge >= 0.3 is 0 Å². The van der Waals surface area contributed by atoms with Crippen LogP contribution in [0.5, 0.6) is 0 Å². The van der Waals surface area contributed by atoms with Crippen molar-refractivity contribution in [3.63, 3.8) is 0 Å². The Balaban J connectivity index is 1.91. The van der Waals surface area contributed by atoms with Crippen LogP contribution in [0.25, 0.3) is 0 Å². The Morgan fingerprint density at radius 2 is 2.38 bits per heavy atom. The molecule has 1 aromatic heterocycles. The molecule has 5 heteroatoms. The minimum Gasteiger partial charge on any atom is -0.368 e. The van der Waals surface area contributed by atoms with E-state index in [0.29, 0.717) is 10.8 Å². The molecular weight excluding hydrogens is 224 g/mol. The molecule has 1 aromatic rings. The van der Waals surface area contributed by atoms with E-state index >= 15 is 0 Å². The first kappa shape index (κ1) is 11.5. The highest BCUT2D eigenvalue weighted by Crippen LogP contribution is 2.30. The van der Waals surface area contributed by atoms with Gasteiger partial charge < -0.3 is 11.1 Å². The highest BCUT2D eigenvalue weighted by atomic mass is 35.5. The van der Waals surface area contributed by atoms with Crippen LogP contribution in [0, 0.1) is 11.8 Å². The van der Waals surface area contributed by atoms with Gasteiger partial charge in [-0.25, -0.2) is 4.98 Å². The molecule has 0 aliphatic heterocycles. The maximum absolute atomic E-state index is 5.97. The molecular formula is C11H17ClN4. The van der Waals surface area contributed by atoms with Crippen molar-refractivity contribution in [2.75, 3.05) is 17.6 Å². The predicted molar refractivity (Wildman–Crippen MR) is 66.4 cm³/mol. The second-order valence-corrected chi connectivity index (χ2v) is 5.00. The van der Waals surface area contributed by atoms with Gasteiger partial charge in [-0.1, -0.05) is 24.9 Å². The number of nitrogens with zero attached hydrogens (tertiary/aromatic N) is 2. The molecule has 1 aliphatic carbocycles. The third kappa shape index (κ3) is 2.76. The molecule has 88 valence electrons. The van der Waals surface area contributed by atoms with E-state index in [9.17, 15) is 0 Å². The van der Waals surface area contributed by atoms with E-state index in [2.05, 4.69) is 22.2 Å². The van der Waals surface area contributed by atoms with Gasteiger partial charge in [0.1, 0.15) is 10.8 Å². The fraction of sp³-hybridized carbons (Fsp3) is 0.636. The lowest BCUT2D eigenvalue weighted by Gasteiger charge is -2.12. The summed E-state index contributed by atoms with van der Waals surface area (Å²) in [6.45, 7) is 3.22. The Labute approximate surface area is 101 Å². The summed E-state index contributed by atoms with van der Waals surface area (Å²) in [5.41, 5.74) is 5.51. The standard InChI is InChI=1S/C11H17ClN4/c1-7-2-3-8(4-7)5-14-10-9(12)6-15-11(13)16-10/h6-8H,2-5H2,1H3,(H3,13,14,15,16). The molecule has 0 radical (unpaired) electrons. The van der Waals surface area contributed by atoms with E-state index in [-0.39, 0.29) is 5.95 Å². The number of nitrogen functional groups attached to an aromatic ring is 1. The molecule has 1 saturated carbocycles. The van der Waals surface area contributed by atoms with Crippen LogP contribution in [0.15, 0.2) is 6.20 Å². The van der Waals surface area contributed by atoms with Crippen LogP contribution in [0.1, 0.15) is 26.2 Å². The smallest absolute Gasteiger partial charge is 0.222 e. The van der Waals surface area contributed by atoms with Crippen molar-refractivity contribution < 1.29 is 0 Å². The molecule has 0 spiro atoms. The summed E-state index contributed by atoms with van der Waals surface area (Å²) in [4.78, 5) is 7.90. The molecule has 2 unspecified atom stereocenters. The molecule has 4 nitrogen and oxygen atoms in total. The fourth-order valence-corrected chi connectivity index (χ4v) is 2.41. The Morgan fingerprint density at radius 1 is 1.56 bits per heavy atom. The number of hydrogen-bond acceptors (Lipinski definition) is 4. The molecule has 1 fully saturated rings. The summed E-state index contributed by atoms with van der Waals surface area (Å²) < 4.78 is 0. The topological polar surface area (TPSA) is 63.8 Å². The molecule has 0 amide bonds. The molecule has 1 aliphatic rings. The van der Waals surface area contributed by atoms with Crippen molar-refractivity contribution in [3.05, 3.63) is 11.2 Å². The third-order valence-corrected chi connectivity index (χ3v) is 3.40. The quantitative estimate of drug-likeness (QED) is 0.852. The highest BCUT2D eigenvalue weighted by Gasteiger charge is 2.21. The maximum atomic E-state index is 5.97. The van der Waals surface area contributed by atoms with Crippen molar-refractivity contribution in [1.29, 1.82) is 0 Å². The number of hydrogen-bond donors (Lipinski definition) is 2. The summed E-state index contributed by atoms with van der Waals surface area (Å²) in [7, 11) is 0. The zero-order chi connectivity index (χ0) is 11.5. The van der Waals surface area contributed by atoms with E-state index in [0.717, 1.165) is 18.4 Å². The van der Waals surface area contributed by atoms with Crippen molar-refractivity contribution in [3.8, 4) is 0 Å². The van der Waals surface area contributed by atoms with Gasteiger partial charge in [-0.2, -0.15) is 4.98 Å². The van der Waals surface area contributed by atoms with E-state index in [4.69, 9.17) is 17.3 Å². The Morgan fingerprint density at radius 3 is 3.06 bits per heavy atom. The second-order valence-electron chi connectivity index (χ2n) is 4.59. The Kier molecular flexibility index (Phi) is 3.49. The van der Waals surface area contributed by atoms with E-state index in [1.165, 1.54) is 25.5 Å². The van der Waals surface area contributed by atoms with Gasteiger partial charge in [0.2, 0.25) is 5.95 Å². The van der Waals surface area contributed by atoms with Crippen molar-refractivity contribution in [2.45, 2.75) is 26.2 Å². The minimum atomic E-state index is 0.256. The number of anilines is 2. The van der Waals surface area contributed by atoms with Gasteiger partial charge in [0.15, 0.2) is 0 Å². The van der Waals surface area contributed by atoms with Crippen LogP contribution in [-0.4, -0.2) is 16.5 Å². The molecule has 0 aromatic carbocycles. The van der Waals surface area contributed by atoms with Crippen molar-refractivity contribution in [1.82, 2.24) is 9.97 Å². The number of aromatic nitrogens is 2. The van der Waals surface area contributed by atoms with E-state index in [1.807, 2.05) is 0 Å². The average molecular weight is 241 g/mol. The first-order valence-corrected chi connectivity index (χ1v) is 6.05. The van der Waals surface area contributed by atoms with Crippen molar-refractivity contribution >= 4 is 23.4 Å². The molecule has 1 heterocycles. The molecule has 0 bridgehead atoms. The Hall–Kier alpha value is -1.03. The van der Waals surface area contributed by atoms with Crippen LogP contribution in [-0.2, 0) is 0 Å². The van der Waals surface area contributed by atoms with Crippen LogP contribution in [0.3, 0.4) is 0 Å². The van der Waals surface area contributed by atoms with Gasteiger partial charge in [-0.3, -0.25) is 0 Å². The maximum Gasteiger partial charge on any atom is 0.222 e. The average Bonchev–Trinajstić information content (AvgIpc) is 2.66. The summed E-state index contributed by atoms with van der Waals surface area (Å²) in [6.07, 6.45) is 5.42. The minimum absolute atomic E-state index is 0.256. The largest absolute Gasteiger partial charge is 0.368 e. The summed E-state index contributed by atoms with van der Waals surface area (Å²) in [6, 6.07) is 0. The molecule has 2 atom stereocenters. The zero-order valence-corrected chi connectivity index (χ0v) is 10.2. The number of nitrogens with two attached hydrogens (primary N) is 1. The lowest BCUT2D eigenvalue weighted by Crippen LogP contribution is -2.13. The second kappa shape index (κ2) is 4.87. The first-order chi connectivity index (χ1) is 7.65. The Bertz CT molecular complexity index is 369. The number of halogens is 1. The lowest BCUT2D eigenvalue weighted by molar-refractivity contribution is 0.536. The van der Waals surface area contributed by atoms with Gasteiger partial charge in [0.25, 0.3) is 0 Å².